The molecule has 3 N–H and O–H groups in total. The number of nitrogens with zero attached hydrogens (tertiary/aromatic N) is 4. The Hall–Kier alpha value is -2.18. The molecule has 0 bridgehead atoms. The van der Waals surface area contributed by atoms with Gasteiger partial charge in [-0.3, -0.25) is 4.79 Å². The molecule has 0 aromatic carbocycles. The highest BCUT2D eigenvalue weighted by Gasteiger charge is 1.99. The number of H-pyrrole nitrogens is 1. The normalized spacial score (nSPS) is 9.72. The van der Waals surface area contributed by atoms with Gasteiger partial charge in [0.1, 0.15) is 11.8 Å². The lowest BCUT2D eigenvalue weighted by Crippen LogP contribution is -2.27. The number of nitrogens with one attached hydrogen (secondary N) is 1. The lowest BCUT2D eigenvalue weighted by atomic mass is 10.5. The summed E-state index contributed by atoms with van der Waals surface area (Å²) in [4.78, 5) is 26.7. The van der Waals surface area contributed by atoms with E-state index in [9.17, 15) is 4.79 Å². The molecule has 0 aliphatic heterocycles. The van der Waals surface area contributed by atoms with Crippen molar-refractivity contribution in [2.45, 2.75) is 20.8 Å². The Morgan fingerprint density at radius 2 is 2.00 bits per heavy atom. The number of fused-ring (bicyclic) bond motifs is 1. The van der Waals surface area contributed by atoms with Crippen molar-refractivity contribution >= 4 is 22.9 Å². The highest BCUT2D eigenvalue weighted by Crippen LogP contribution is 2.09. The van der Waals surface area contributed by atoms with Crippen LogP contribution in [0.25, 0.3) is 11.2 Å². The Labute approximate surface area is 105 Å². The number of carbonyl (C=O) groups excluding carboxylic acids is 1. The van der Waals surface area contributed by atoms with Gasteiger partial charge in [-0.05, 0) is 13.8 Å². The minimum absolute atomic E-state index is 0.162. The van der Waals surface area contributed by atoms with Gasteiger partial charge in [0, 0.05) is 20.0 Å². The van der Waals surface area contributed by atoms with Crippen molar-refractivity contribution in [2.75, 3.05) is 18.8 Å². The van der Waals surface area contributed by atoms with Crippen LogP contribution in [0.1, 0.15) is 20.8 Å². The Bertz CT molecular complexity index is 505. The van der Waals surface area contributed by atoms with Crippen LogP contribution in [0.3, 0.4) is 0 Å². The molecule has 0 radical (unpaired) electrons. The van der Waals surface area contributed by atoms with Gasteiger partial charge < -0.3 is 15.6 Å². The van der Waals surface area contributed by atoms with Crippen LogP contribution >= 0.6 is 0 Å². The summed E-state index contributed by atoms with van der Waals surface area (Å²) in [6.07, 6.45) is 2.92. The quantitative estimate of drug-likeness (QED) is 0.821. The maximum Gasteiger partial charge on any atom is 0.219 e. The van der Waals surface area contributed by atoms with Crippen molar-refractivity contribution in [3.63, 3.8) is 0 Å². The van der Waals surface area contributed by atoms with Crippen molar-refractivity contribution in [3.05, 3.63) is 12.7 Å². The summed E-state index contributed by atoms with van der Waals surface area (Å²) in [7, 11) is 0. The van der Waals surface area contributed by atoms with Gasteiger partial charge in [0.25, 0.3) is 0 Å². The molecule has 0 saturated carbocycles. The number of hydrogen-bond donors (Lipinski definition) is 2. The van der Waals surface area contributed by atoms with E-state index in [2.05, 4.69) is 19.9 Å². The number of imidazole rings is 1. The molecule has 0 saturated heterocycles. The molecular weight excluding hydrogens is 232 g/mol. The summed E-state index contributed by atoms with van der Waals surface area (Å²) in [6.45, 7) is 7.19. The van der Waals surface area contributed by atoms with Crippen molar-refractivity contribution < 1.29 is 4.79 Å². The number of nitrogen functional groups attached to an aromatic ring is 1. The molecule has 0 unspecified atom stereocenters. The molecule has 2 aromatic rings. The highest BCUT2D eigenvalue weighted by atomic mass is 16.2. The van der Waals surface area contributed by atoms with E-state index >= 15 is 0 Å². The molecule has 0 aliphatic rings. The lowest BCUT2D eigenvalue weighted by molar-refractivity contribution is -0.128. The molecule has 7 nitrogen and oxygen atoms in total. The lowest BCUT2D eigenvalue weighted by Gasteiger charge is -2.14. The summed E-state index contributed by atoms with van der Waals surface area (Å²) in [5.74, 6) is 0.595. The largest absolute Gasteiger partial charge is 0.382 e. The Morgan fingerprint density at radius 3 is 2.44 bits per heavy atom. The van der Waals surface area contributed by atoms with Crippen LogP contribution in [0.2, 0.25) is 0 Å². The van der Waals surface area contributed by atoms with Crippen molar-refractivity contribution in [1.82, 2.24) is 24.8 Å². The van der Waals surface area contributed by atoms with Gasteiger partial charge in [0.05, 0.1) is 6.33 Å². The number of carbonyl (C=O) groups is 1. The number of anilines is 1. The molecule has 2 aromatic heterocycles. The minimum Gasteiger partial charge on any atom is -0.382 e. The maximum absolute atomic E-state index is 10.5. The number of nitrogens with two attached hydrogens (primary N) is 1. The van der Waals surface area contributed by atoms with Crippen LogP contribution in [-0.4, -0.2) is 43.8 Å². The van der Waals surface area contributed by atoms with E-state index < -0.39 is 0 Å². The summed E-state index contributed by atoms with van der Waals surface area (Å²) in [5, 5.41) is 0. The zero-order chi connectivity index (χ0) is 13.5. The molecule has 1 amide bonds. The standard InChI is InChI=1S/C6H13NO.C5H5N5/c1-4-7(5-2)6(3)8;6-4-3-5(9-1-7-3)10-2-8-4/h4-5H2,1-3H3;1-2H,(H3,6,7,8,9,10). The zero-order valence-electron chi connectivity index (χ0n) is 10.8. The van der Waals surface area contributed by atoms with E-state index in [1.54, 1.807) is 11.8 Å². The molecule has 0 spiro atoms. The van der Waals surface area contributed by atoms with Crippen LogP contribution in [-0.2, 0) is 4.79 Å². The van der Waals surface area contributed by atoms with Crippen LogP contribution < -0.4 is 5.73 Å². The fourth-order valence-electron chi connectivity index (χ4n) is 1.45. The SMILES string of the molecule is CCN(CC)C(C)=O.Nc1ncnc2nc[nH]c12. The van der Waals surface area contributed by atoms with Gasteiger partial charge in [0.2, 0.25) is 5.91 Å². The van der Waals surface area contributed by atoms with Gasteiger partial charge in [-0.1, -0.05) is 0 Å². The maximum atomic E-state index is 10.5. The third-order valence-corrected chi connectivity index (χ3v) is 2.46. The number of rotatable bonds is 2. The molecule has 2 rings (SSSR count). The Kier molecular flexibility index (Phi) is 5.04. The van der Waals surface area contributed by atoms with Crippen molar-refractivity contribution in [2.24, 2.45) is 0 Å². The predicted molar refractivity (Wildman–Crippen MR) is 69.7 cm³/mol. The average molecular weight is 250 g/mol. The van der Waals surface area contributed by atoms with Crippen molar-refractivity contribution in [3.8, 4) is 0 Å². The fourth-order valence-corrected chi connectivity index (χ4v) is 1.45. The van der Waals surface area contributed by atoms with Gasteiger partial charge in [0.15, 0.2) is 11.5 Å². The van der Waals surface area contributed by atoms with Gasteiger partial charge in [-0.25, -0.2) is 15.0 Å². The van der Waals surface area contributed by atoms with Gasteiger partial charge in [-0.15, -0.1) is 0 Å². The number of amides is 1. The summed E-state index contributed by atoms with van der Waals surface area (Å²) < 4.78 is 0. The van der Waals surface area contributed by atoms with Crippen LogP contribution in [0.5, 0.6) is 0 Å². The second-order valence-electron chi connectivity index (χ2n) is 3.55. The highest BCUT2D eigenvalue weighted by molar-refractivity contribution is 5.80. The second-order valence-corrected chi connectivity index (χ2v) is 3.55. The minimum atomic E-state index is 0.162. The number of aromatic nitrogens is 4. The van der Waals surface area contributed by atoms with Crippen LogP contribution in [0.15, 0.2) is 12.7 Å². The molecule has 0 atom stereocenters. The number of hydrogen-bond acceptors (Lipinski definition) is 5. The van der Waals surface area contributed by atoms with Crippen molar-refractivity contribution in [1.29, 1.82) is 0 Å². The van der Waals surface area contributed by atoms with E-state index in [1.165, 1.54) is 12.7 Å². The first kappa shape index (κ1) is 13.9. The average Bonchev–Trinajstić information content (AvgIpc) is 2.80. The number of aromatic amines is 1. The third-order valence-electron chi connectivity index (χ3n) is 2.46. The summed E-state index contributed by atoms with van der Waals surface area (Å²) >= 11 is 0. The fraction of sp³-hybridized carbons (Fsp3) is 0.455. The topological polar surface area (TPSA) is 101 Å². The smallest absolute Gasteiger partial charge is 0.219 e. The molecule has 18 heavy (non-hydrogen) atoms. The molecule has 7 heteroatoms. The van der Waals surface area contributed by atoms with Crippen LogP contribution in [0.4, 0.5) is 5.82 Å². The molecule has 0 fully saturated rings. The first-order valence-electron chi connectivity index (χ1n) is 5.75. The predicted octanol–water partition coefficient (Wildman–Crippen LogP) is 0.810. The van der Waals surface area contributed by atoms with E-state index in [0.717, 1.165) is 13.1 Å². The Morgan fingerprint density at radius 1 is 1.33 bits per heavy atom. The van der Waals surface area contributed by atoms with Crippen LogP contribution in [0, 0.1) is 0 Å². The molecule has 0 aliphatic carbocycles. The molecular formula is C11H18N6O. The van der Waals surface area contributed by atoms with E-state index in [0.29, 0.717) is 17.0 Å². The zero-order valence-corrected chi connectivity index (χ0v) is 10.8. The van der Waals surface area contributed by atoms with E-state index in [1.807, 2.05) is 13.8 Å². The Balaban J connectivity index is 0.000000187. The summed E-state index contributed by atoms with van der Waals surface area (Å²) in [5.41, 5.74) is 6.78. The van der Waals surface area contributed by atoms with E-state index in [4.69, 9.17) is 5.73 Å². The second kappa shape index (κ2) is 6.53. The molecule has 98 valence electrons. The monoisotopic (exact) mass is 250 g/mol. The van der Waals surface area contributed by atoms with Gasteiger partial charge >= 0.3 is 0 Å². The third kappa shape index (κ3) is 3.41. The molecule has 2 heterocycles. The van der Waals surface area contributed by atoms with E-state index in [-0.39, 0.29) is 5.91 Å². The first-order valence-corrected chi connectivity index (χ1v) is 5.75. The summed E-state index contributed by atoms with van der Waals surface area (Å²) in [6, 6.07) is 0. The first-order chi connectivity index (χ1) is 8.60. The van der Waals surface area contributed by atoms with Gasteiger partial charge in [-0.2, -0.15) is 0 Å².